The summed E-state index contributed by atoms with van der Waals surface area (Å²) < 4.78 is 5.27. The van der Waals surface area contributed by atoms with Gasteiger partial charge in [0.2, 0.25) is 0 Å². The summed E-state index contributed by atoms with van der Waals surface area (Å²) in [5.74, 6) is 1.42. The highest BCUT2D eigenvalue weighted by molar-refractivity contribution is 7.13. The van der Waals surface area contributed by atoms with Crippen molar-refractivity contribution < 1.29 is 4.74 Å². The predicted molar refractivity (Wildman–Crippen MR) is 102 cm³/mol. The molecule has 0 bridgehead atoms. The molecular formula is C18H16ClN3OS. The molecule has 0 aliphatic heterocycles. The Kier molecular flexibility index (Phi) is 5.13. The summed E-state index contributed by atoms with van der Waals surface area (Å²) in [7, 11) is 1.66. The summed E-state index contributed by atoms with van der Waals surface area (Å²) >= 11 is 7.26. The molecule has 1 heterocycles. The molecule has 0 fully saturated rings. The van der Waals surface area contributed by atoms with Crippen molar-refractivity contribution in [1.29, 1.82) is 0 Å². The average Bonchev–Trinajstić information content (AvgIpc) is 3.12. The Labute approximate surface area is 149 Å². The Morgan fingerprint density at radius 2 is 2.00 bits per heavy atom. The molecule has 0 aliphatic carbocycles. The van der Waals surface area contributed by atoms with Gasteiger partial charge in [0.15, 0.2) is 0 Å². The third-order valence-corrected chi connectivity index (χ3v) is 4.54. The molecule has 0 saturated carbocycles. The van der Waals surface area contributed by atoms with Crippen LogP contribution in [0.4, 0.5) is 5.69 Å². The Bertz CT molecular complexity index is 876. The molecule has 0 unspecified atom stereocenters. The van der Waals surface area contributed by atoms with Crippen molar-refractivity contribution in [3.05, 3.63) is 53.9 Å². The van der Waals surface area contributed by atoms with Crippen LogP contribution in [0.15, 0.2) is 58.9 Å². The van der Waals surface area contributed by atoms with Gasteiger partial charge in [-0.25, -0.2) is 9.98 Å². The molecular weight excluding hydrogens is 342 g/mol. The molecule has 0 saturated heterocycles. The lowest BCUT2D eigenvalue weighted by atomic mass is 10.1. The van der Waals surface area contributed by atoms with Gasteiger partial charge in [0.05, 0.1) is 24.4 Å². The van der Waals surface area contributed by atoms with Crippen LogP contribution in [0, 0.1) is 0 Å². The Hall–Kier alpha value is -2.37. The fourth-order valence-corrected chi connectivity index (χ4v) is 3.11. The van der Waals surface area contributed by atoms with Gasteiger partial charge in [-0.05, 0) is 24.3 Å². The predicted octanol–water partition coefficient (Wildman–Crippen LogP) is 4.71. The second kappa shape index (κ2) is 7.47. The van der Waals surface area contributed by atoms with E-state index < -0.39 is 0 Å². The van der Waals surface area contributed by atoms with Gasteiger partial charge in [-0.1, -0.05) is 24.3 Å². The zero-order valence-corrected chi connectivity index (χ0v) is 14.6. The van der Waals surface area contributed by atoms with E-state index in [-0.39, 0.29) is 5.88 Å². The quantitative estimate of drug-likeness (QED) is 0.408. The molecule has 0 aliphatic rings. The van der Waals surface area contributed by atoms with E-state index in [0.29, 0.717) is 5.84 Å². The topological polar surface area (TPSA) is 60.5 Å². The van der Waals surface area contributed by atoms with Crippen LogP contribution in [0.25, 0.3) is 21.8 Å². The van der Waals surface area contributed by atoms with Crippen LogP contribution in [0.5, 0.6) is 5.75 Å². The first-order chi connectivity index (χ1) is 11.7. The lowest BCUT2D eigenvalue weighted by Crippen LogP contribution is -2.12. The largest absolute Gasteiger partial charge is 0.497 e. The maximum absolute atomic E-state index is 5.69. The molecule has 0 spiro atoms. The van der Waals surface area contributed by atoms with Crippen molar-refractivity contribution in [1.82, 2.24) is 4.98 Å². The number of aliphatic imine (C=N–C) groups is 1. The van der Waals surface area contributed by atoms with Crippen LogP contribution in [-0.4, -0.2) is 23.8 Å². The van der Waals surface area contributed by atoms with E-state index in [4.69, 9.17) is 27.1 Å². The van der Waals surface area contributed by atoms with Crippen LogP contribution in [0.2, 0.25) is 0 Å². The fraction of sp³-hybridized carbons (Fsp3) is 0.111. The van der Waals surface area contributed by atoms with Crippen LogP contribution < -0.4 is 10.5 Å². The third-order valence-electron chi connectivity index (χ3n) is 3.37. The zero-order chi connectivity index (χ0) is 16.9. The Morgan fingerprint density at radius 1 is 1.21 bits per heavy atom. The first-order valence-corrected chi connectivity index (χ1v) is 8.70. The van der Waals surface area contributed by atoms with Gasteiger partial charge in [0.1, 0.15) is 16.6 Å². The van der Waals surface area contributed by atoms with Crippen LogP contribution in [0.3, 0.4) is 0 Å². The second-order valence-corrected chi connectivity index (χ2v) is 6.18. The van der Waals surface area contributed by atoms with Crippen molar-refractivity contribution >= 4 is 34.5 Å². The molecule has 3 aromatic rings. The number of thiazole rings is 1. The number of nitrogens with two attached hydrogens (primary N) is 1. The smallest absolute Gasteiger partial charge is 0.124 e. The Morgan fingerprint density at radius 3 is 2.79 bits per heavy atom. The van der Waals surface area contributed by atoms with E-state index in [1.807, 2.05) is 53.9 Å². The highest BCUT2D eigenvalue weighted by Gasteiger charge is 2.08. The van der Waals surface area contributed by atoms with Gasteiger partial charge < -0.3 is 10.5 Å². The maximum atomic E-state index is 5.69. The monoisotopic (exact) mass is 357 g/mol. The van der Waals surface area contributed by atoms with Crippen LogP contribution >= 0.6 is 22.9 Å². The number of halogens is 1. The minimum atomic E-state index is 0.210. The van der Waals surface area contributed by atoms with E-state index in [2.05, 4.69) is 4.99 Å². The second-order valence-electron chi connectivity index (χ2n) is 5.06. The summed E-state index contributed by atoms with van der Waals surface area (Å²) in [6, 6.07) is 15.6. The molecule has 122 valence electrons. The van der Waals surface area contributed by atoms with E-state index in [0.717, 1.165) is 33.3 Å². The Balaban J connectivity index is 1.92. The number of ether oxygens (including phenoxy) is 1. The number of rotatable bonds is 5. The average molecular weight is 358 g/mol. The van der Waals surface area contributed by atoms with Gasteiger partial charge in [0.25, 0.3) is 0 Å². The van der Waals surface area contributed by atoms with Crippen molar-refractivity contribution in [3.63, 3.8) is 0 Å². The van der Waals surface area contributed by atoms with Gasteiger partial charge in [-0.15, -0.1) is 22.9 Å². The molecule has 0 radical (unpaired) electrons. The standard InChI is InChI=1S/C18H16ClN3OS/c1-23-15-7-3-4-12(9-15)16-11-24-18(22-16)13-5-2-6-14(8-13)21-17(20)10-19/h2-9,11H,10H2,1H3,(H2,20,21). The molecule has 2 aromatic carbocycles. The molecule has 0 atom stereocenters. The molecule has 2 N–H and O–H groups in total. The maximum Gasteiger partial charge on any atom is 0.124 e. The molecule has 1 aromatic heterocycles. The molecule has 4 nitrogen and oxygen atoms in total. The highest BCUT2D eigenvalue weighted by Crippen LogP contribution is 2.31. The SMILES string of the molecule is COc1cccc(-c2csc(-c3cccc(N=C(N)CCl)c3)n2)c1. The molecule has 6 heteroatoms. The number of hydrogen-bond acceptors (Lipinski definition) is 4. The lowest BCUT2D eigenvalue weighted by Gasteiger charge is -2.02. The molecule has 0 amide bonds. The number of hydrogen-bond donors (Lipinski definition) is 1. The zero-order valence-electron chi connectivity index (χ0n) is 13.1. The minimum absolute atomic E-state index is 0.210. The van der Waals surface area contributed by atoms with E-state index in [9.17, 15) is 0 Å². The fourth-order valence-electron chi connectivity index (χ4n) is 2.23. The molecule has 24 heavy (non-hydrogen) atoms. The number of alkyl halides is 1. The number of aromatic nitrogens is 1. The normalized spacial score (nSPS) is 11.5. The van der Waals surface area contributed by atoms with Crippen molar-refractivity contribution in [3.8, 4) is 27.6 Å². The number of nitrogens with zero attached hydrogens (tertiary/aromatic N) is 2. The van der Waals surface area contributed by atoms with Gasteiger partial charge in [-0.3, -0.25) is 0 Å². The summed E-state index contributed by atoms with van der Waals surface area (Å²) in [5, 5.41) is 2.96. The summed E-state index contributed by atoms with van der Waals surface area (Å²) in [5.41, 5.74) is 9.40. The van der Waals surface area contributed by atoms with E-state index in [1.54, 1.807) is 18.4 Å². The minimum Gasteiger partial charge on any atom is -0.497 e. The molecule has 3 rings (SSSR count). The number of benzene rings is 2. The van der Waals surface area contributed by atoms with Crippen molar-refractivity contribution in [2.75, 3.05) is 13.0 Å². The van der Waals surface area contributed by atoms with Crippen LogP contribution in [-0.2, 0) is 0 Å². The summed E-state index contributed by atoms with van der Waals surface area (Å²) in [6.07, 6.45) is 0. The van der Waals surface area contributed by atoms with E-state index in [1.165, 1.54) is 0 Å². The van der Waals surface area contributed by atoms with Crippen LogP contribution in [0.1, 0.15) is 0 Å². The van der Waals surface area contributed by atoms with E-state index >= 15 is 0 Å². The van der Waals surface area contributed by atoms with Gasteiger partial charge >= 0.3 is 0 Å². The first-order valence-electron chi connectivity index (χ1n) is 7.29. The van der Waals surface area contributed by atoms with Gasteiger partial charge in [0, 0.05) is 16.5 Å². The number of amidine groups is 1. The summed E-state index contributed by atoms with van der Waals surface area (Å²) in [6.45, 7) is 0. The van der Waals surface area contributed by atoms with Crippen molar-refractivity contribution in [2.24, 2.45) is 10.7 Å². The van der Waals surface area contributed by atoms with Crippen molar-refractivity contribution in [2.45, 2.75) is 0 Å². The third kappa shape index (κ3) is 3.75. The number of methoxy groups -OCH3 is 1. The first kappa shape index (κ1) is 16.5. The summed E-state index contributed by atoms with van der Waals surface area (Å²) in [4.78, 5) is 9.00. The highest BCUT2D eigenvalue weighted by atomic mass is 35.5. The van der Waals surface area contributed by atoms with Gasteiger partial charge in [-0.2, -0.15) is 0 Å². The lowest BCUT2D eigenvalue weighted by molar-refractivity contribution is 0.415.